The summed E-state index contributed by atoms with van der Waals surface area (Å²) in [4.78, 5) is 9.82. The number of rotatable bonds is 8. The molecule has 0 amide bonds. The van der Waals surface area contributed by atoms with Gasteiger partial charge in [-0.05, 0) is 12.3 Å². The molecule has 72 valence electrons. The molecular formula is C10H20O2. The second-order valence-corrected chi connectivity index (χ2v) is 3.36. The summed E-state index contributed by atoms with van der Waals surface area (Å²) in [6.45, 7) is 5.53. The van der Waals surface area contributed by atoms with E-state index >= 15 is 0 Å². The molecule has 0 bridgehead atoms. The van der Waals surface area contributed by atoms with Crippen molar-refractivity contribution in [3.8, 4) is 0 Å². The molecule has 0 aliphatic heterocycles. The molecule has 0 aliphatic carbocycles. The Morgan fingerprint density at radius 3 is 2.67 bits per heavy atom. The molecule has 0 heterocycles. The van der Waals surface area contributed by atoms with Gasteiger partial charge in [0, 0.05) is 0 Å². The van der Waals surface area contributed by atoms with Crippen LogP contribution in [0.25, 0.3) is 0 Å². The molecule has 0 rings (SSSR count). The van der Waals surface area contributed by atoms with Gasteiger partial charge >= 0.3 is 0 Å². The number of ether oxygens (including phenoxy) is 1. The zero-order chi connectivity index (χ0) is 9.23. The first-order valence-corrected chi connectivity index (χ1v) is 4.86. The number of carbonyl (C=O) groups excluding carboxylic acids is 1. The van der Waals surface area contributed by atoms with Gasteiger partial charge in [-0.1, -0.05) is 39.5 Å². The lowest BCUT2D eigenvalue weighted by molar-refractivity contribution is -0.129. The summed E-state index contributed by atoms with van der Waals surface area (Å²) in [5, 5.41) is 0. The zero-order valence-corrected chi connectivity index (χ0v) is 8.21. The summed E-state index contributed by atoms with van der Waals surface area (Å²) in [5.41, 5.74) is 0. The number of hydrogen-bond acceptors (Lipinski definition) is 2. The zero-order valence-electron chi connectivity index (χ0n) is 8.21. The fourth-order valence-corrected chi connectivity index (χ4v) is 1.20. The van der Waals surface area contributed by atoms with Crippen LogP contribution >= 0.6 is 0 Å². The van der Waals surface area contributed by atoms with E-state index in [1.54, 1.807) is 0 Å². The maximum Gasteiger partial charge on any atom is 0.293 e. The predicted molar refractivity (Wildman–Crippen MR) is 49.9 cm³/mol. The first kappa shape index (κ1) is 11.5. The SMILES string of the molecule is CCCCCC(C)CCOC=O. The molecule has 0 spiro atoms. The molecule has 0 saturated heterocycles. The minimum Gasteiger partial charge on any atom is -0.468 e. The molecule has 2 nitrogen and oxygen atoms in total. The van der Waals surface area contributed by atoms with E-state index in [9.17, 15) is 4.79 Å². The van der Waals surface area contributed by atoms with Crippen LogP contribution in [0, 0.1) is 5.92 Å². The first-order valence-electron chi connectivity index (χ1n) is 4.86. The normalized spacial score (nSPS) is 12.5. The Morgan fingerprint density at radius 2 is 2.08 bits per heavy atom. The molecule has 0 N–H and O–H groups in total. The smallest absolute Gasteiger partial charge is 0.293 e. The predicted octanol–water partition coefficient (Wildman–Crippen LogP) is 2.77. The molecule has 0 aromatic carbocycles. The summed E-state index contributed by atoms with van der Waals surface area (Å²) < 4.78 is 4.63. The molecule has 0 radical (unpaired) electrons. The van der Waals surface area contributed by atoms with Gasteiger partial charge in [0.15, 0.2) is 0 Å². The van der Waals surface area contributed by atoms with Gasteiger partial charge in [-0.25, -0.2) is 0 Å². The van der Waals surface area contributed by atoms with E-state index in [1.165, 1.54) is 25.7 Å². The molecule has 0 saturated carbocycles. The average molecular weight is 172 g/mol. The van der Waals surface area contributed by atoms with Crippen molar-refractivity contribution in [3.05, 3.63) is 0 Å². The highest BCUT2D eigenvalue weighted by molar-refractivity contribution is 5.36. The van der Waals surface area contributed by atoms with Crippen LogP contribution in [0.3, 0.4) is 0 Å². The Kier molecular flexibility index (Phi) is 8.19. The van der Waals surface area contributed by atoms with Crippen LogP contribution < -0.4 is 0 Å². The fourth-order valence-electron chi connectivity index (χ4n) is 1.20. The van der Waals surface area contributed by atoms with Crippen LogP contribution in [0.2, 0.25) is 0 Å². The van der Waals surface area contributed by atoms with Crippen LogP contribution in [0.1, 0.15) is 46.0 Å². The van der Waals surface area contributed by atoms with E-state index in [0.717, 1.165) is 6.42 Å². The summed E-state index contributed by atoms with van der Waals surface area (Å²) in [5.74, 6) is 0.691. The summed E-state index contributed by atoms with van der Waals surface area (Å²) in [6.07, 6.45) is 6.16. The van der Waals surface area contributed by atoms with E-state index in [-0.39, 0.29) is 0 Å². The molecular weight excluding hydrogens is 152 g/mol. The molecule has 0 aliphatic rings. The van der Waals surface area contributed by atoms with Crippen molar-refractivity contribution in [2.45, 2.75) is 46.0 Å². The number of unbranched alkanes of at least 4 members (excludes halogenated alkanes) is 2. The van der Waals surface area contributed by atoms with E-state index in [4.69, 9.17) is 0 Å². The Bertz CT molecular complexity index is 102. The van der Waals surface area contributed by atoms with Gasteiger partial charge in [-0.15, -0.1) is 0 Å². The highest BCUT2D eigenvalue weighted by Gasteiger charge is 2.00. The maximum absolute atomic E-state index is 9.82. The van der Waals surface area contributed by atoms with Gasteiger partial charge in [-0.3, -0.25) is 4.79 Å². The Morgan fingerprint density at radius 1 is 1.33 bits per heavy atom. The number of carbonyl (C=O) groups is 1. The van der Waals surface area contributed by atoms with Crippen molar-refractivity contribution in [3.63, 3.8) is 0 Å². The summed E-state index contributed by atoms with van der Waals surface area (Å²) >= 11 is 0. The number of hydrogen-bond donors (Lipinski definition) is 0. The Balaban J connectivity index is 3.09. The molecule has 0 aromatic heterocycles. The third-order valence-corrected chi connectivity index (χ3v) is 2.10. The molecule has 12 heavy (non-hydrogen) atoms. The second kappa shape index (κ2) is 8.57. The molecule has 2 heteroatoms. The van der Waals surface area contributed by atoms with Gasteiger partial charge in [0.1, 0.15) is 0 Å². The van der Waals surface area contributed by atoms with Crippen molar-refractivity contribution in [1.82, 2.24) is 0 Å². The Labute approximate surface area is 75.3 Å². The van der Waals surface area contributed by atoms with Crippen LogP contribution in [0.4, 0.5) is 0 Å². The van der Waals surface area contributed by atoms with Crippen LogP contribution in [0.15, 0.2) is 0 Å². The standard InChI is InChI=1S/C10H20O2/c1-3-4-5-6-10(2)7-8-12-9-11/h9-10H,3-8H2,1-2H3. The van der Waals surface area contributed by atoms with Crippen LogP contribution in [0.5, 0.6) is 0 Å². The van der Waals surface area contributed by atoms with E-state index in [1.807, 2.05) is 0 Å². The third-order valence-electron chi connectivity index (χ3n) is 2.10. The summed E-state index contributed by atoms with van der Waals surface area (Å²) in [6, 6.07) is 0. The van der Waals surface area contributed by atoms with Gasteiger partial charge in [0.25, 0.3) is 6.47 Å². The van der Waals surface area contributed by atoms with Gasteiger partial charge < -0.3 is 4.74 Å². The van der Waals surface area contributed by atoms with Gasteiger partial charge in [-0.2, -0.15) is 0 Å². The third kappa shape index (κ3) is 7.58. The second-order valence-electron chi connectivity index (χ2n) is 3.36. The quantitative estimate of drug-likeness (QED) is 0.415. The molecule has 0 fully saturated rings. The highest BCUT2D eigenvalue weighted by atomic mass is 16.5. The van der Waals surface area contributed by atoms with E-state index < -0.39 is 0 Å². The molecule has 1 atom stereocenters. The maximum atomic E-state index is 9.82. The average Bonchev–Trinajstić information content (AvgIpc) is 2.06. The lowest BCUT2D eigenvalue weighted by Crippen LogP contribution is -2.00. The van der Waals surface area contributed by atoms with Crippen LogP contribution in [-0.4, -0.2) is 13.1 Å². The fraction of sp³-hybridized carbons (Fsp3) is 0.900. The monoisotopic (exact) mass is 172 g/mol. The Hall–Kier alpha value is -0.530. The highest BCUT2D eigenvalue weighted by Crippen LogP contribution is 2.12. The molecule has 1 unspecified atom stereocenters. The van der Waals surface area contributed by atoms with Crippen LogP contribution in [-0.2, 0) is 9.53 Å². The van der Waals surface area contributed by atoms with Crippen molar-refractivity contribution < 1.29 is 9.53 Å². The van der Waals surface area contributed by atoms with Crippen molar-refractivity contribution in [1.29, 1.82) is 0 Å². The van der Waals surface area contributed by atoms with Crippen molar-refractivity contribution >= 4 is 6.47 Å². The lowest BCUT2D eigenvalue weighted by atomic mass is 10.0. The minimum absolute atomic E-state index is 0.527. The summed E-state index contributed by atoms with van der Waals surface area (Å²) in [7, 11) is 0. The molecule has 0 aromatic rings. The first-order chi connectivity index (χ1) is 5.81. The van der Waals surface area contributed by atoms with Crippen molar-refractivity contribution in [2.75, 3.05) is 6.61 Å². The topological polar surface area (TPSA) is 26.3 Å². The van der Waals surface area contributed by atoms with E-state index in [2.05, 4.69) is 18.6 Å². The van der Waals surface area contributed by atoms with Gasteiger partial charge in [0.05, 0.1) is 6.61 Å². The minimum atomic E-state index is 0.527. The largest absolute Gasteiger partial charge is 0.468 e. The lowest BCUT2D eigenvalue weighted by Gasteiger charge is -2.09. The van der Waals surface area contributed by atoms with Gasteiger partial charge in [0.2, 0.25) is 0 Å². The van der Waals surface area contributed by atoms with E-state index in [0.29, 0.717) is 19.0 Å². The van der Waals surface area contributed by atoms with Crippen molar-refractivity contribution in [2.24, 2.45) is 5.92 Å².